The minimum atomic E-state index is -2.84. The van der Waals surface area contributed by atoms with Gasteiger partial charge < -0.3 is 13.8 Å². The molecule has 0 radical (unpaired) electrons. The van der Waals surface area contributed by atoms with Gasteiger partial charge in [0.25, 0.3) is 0 Å². The van der Waals surface area contributed by atoms with Gasteiger partial charge in [0.1, 0.15) is 0 Å². The molecule has 0 aromatic heterocycles. The highest BCUT2D eigenvalue weighted by atomic mass is 31.2. The van der Waals surface area contributed by atoms with E-state index in [0.29, 0.717) is 18.0 Å². The van der Waals surface area contributed by atoms with Crippen molar-refractivity contribution in [2.24, 2.45) is 11.8 Å². The van der Waals surface area contributed by atoms with E-state index in [-0.39, 0.29) is 0 Å². The number of hydrogen-bond acceptors (Lipinski definition) is 4. The summed E-state index contributed by atoms with van der Waals surface area (Å²) in [4.78, 5) is 0. The maximum atomic E-state index is 12.0. The fourth-order valence-electron chi connectivity index (χ4n) is 2.50. The first-order chi connectivity index (χ1) is 7.63. The second-order valence-corrected chi connectivity index (χ2v) is 6.83. The molecule has 0 N–H and O–H groups in total. The van der Waals surface area contributed by atoms with Crippen molar-refractivity contribution in [3.05, 3.63) is 0 Å². The number of ether oxygens (including phenoxy) is 1. The Labute approximate surface area is 98.2 Å². The van der Waals surface area contributed by atoms with Gasteiger partial charge in [0.2, 0.25) is 0 Å². The van der Waals surface area contributed by atoms with E-state index in [0.717, 1.165) is 19.4 Å². The molecule has 0 aromatic carbocycles. The summed E-state index contributed by atoms with van der Waals surface area (Å²) in [5.41, 5.74) is 0. The van der Waals surface area contributed by atoms with Crippen molar-refractivity contribution in [2.75, 3.05) is 34.1 Å². The Morgan fingerprint density at radius 2 is 1.75 bits per heavy atom. The molecule has 16 heavy (non-hydrogen) atoms. The lowest BCUT2D eigenvalue weighted by Crippen LogP contribution is -2.22. The standard InChI is InChI=1S/C11H23O4P/c1-13-8-10-5-4-6-11(7-10)9-16(12,14-2)15-3/h10-11H,4-9H2,1-3H3. The largest absolute Gasteiger partial charge is 0.384 e. The summed E-state index contributed by atoms with van der Waals surface area (Å²) in [6.07, 6.45) is 5.14. The highest BCUT2D eigenvalue weighted by Gasteiger charge is 2.30. The molecule has 1 aliphatic rings. The molecule has 2 unspecified atom stereocenters. The van der Waals surface area contributed by atoms with Gasteiger partial charge in [-0.3, -0.25) is 4.57 Å². The van der Waals surface area contributed by atoms with E-state index in [1.54, 1.807) is 7.11 Å². The lowest BCUT2D eigenvalue weighted by molar-refractivity contribution is 0.116. The van der Waals surface area contributed by atoms with Crippen molar-refractivity contribution in [3.63, 3.8) is 0 Å². The van der Waals surface area contributed by atoms with Crippen LogP contribution in [0.25, 0.3) is 0 Å². The van der Waals surface area contributed by atoms with Crippen molar-refractivity contribution in [2.45, 2.75) is 25.7 Å². The third-order valence-corrected chi connectivity index (χ3v) is 5.41. The van der Waals surface area contributed by atoms with Crippen molar-refractivity contribution < 1.29 is 18.3 Å². The molecule has 2 atom stereocenters. The van der Waals surface area contributed by atoms with Crippen LogP contribution in [-0.2, 0) is 18.3 Å². The molecular weight excluding hydrogens is 227 g/mol. The second-order valence-electron chi connectivity index (χ2n) is 4.51. The lowest BCUT2D eigenvalue weighted by atomic mass is 9.83. The average molecular weight is 250 g/mol. The molecule has 0 aromatic rings. The smallest absolute Gasteiger partial charge is 0.330 e. The first-order valence-electron chi connectivity index (χ1n) is 5.83. The summed E-state index contributed by atoms with van der Waals surface area (Å²) in [5.74, 6) is 1.05. The van der Waals surface area contributed by atoms with Gasteiger partial charge in [-0.1, -0.05) is 6.42 Å². The molecule has 0 heterocycles. The second kappa shape index (κ2) is 6.75. The topological polar surface area (TPSA) is 44.8 Å². The zero-order chi connectivity index (χ0) is 12.0. The SMILES string of the molecule is COCC1CCCC(CP(=O)(OC)OC)C1. The van der Waals surface area contributed by atoms with E-state index in [2.05, 4.69) is 0 Å². The van der Waals surface area contributed by atoms with Gasteiger partial charge in [-0.05, 0) is 31.1 Å². The van der Waals surface area contributed by atoms with Crippen LogP contribution in [-0.4, -0.2) is 34.1 Å². The van der Waals surface area contributed by atoms with Crippen LogP contribution in [0.1, 0.15) is 25.7 Å². The molecule has 0 saturated heterocycles. The van der Waals surface area contributed by atoms with Crippen LogP contribution >= 0.6 is 7.60 Å². The fourth-order valence-corrected chi connectivity index (χ4v) is 3.91. The van der Waals surface area contributed by atoms with Crippen molar-refractivity contribution in [1.29, 1.82) is 0 Å². The fraction of sp³-hybridized carbons (Fsp3) is 1.00. The summed E-state index contributed by atoms with van der Waals surface area (Å²) in [6.45, 7) is 0.806. The van der Waals surface area contributed by atoms with Gasteiger partial charge in [0, 0.05) is 27.9 Å². The Morgan fingerprint density at radius 1 is 1.12 bits per heavy atom. The molecule has 0 aliphatic heterocycles. The first kappa shape index (κ1) is 14.2. The Kier molecular flexibility index (Phi) is 5.98. The summed E-state index contributed by atoms with van der Waals surface area (Å²) in [6, 6.07) is 0. The van der Waals surface area contributed by atoms with Crippen molar-refractivity contribution in [3.8, 4) is 0 Å². The zero-order valence-corrected chi connectivity index (χ0v) is 11.4. The maximum absolute atomic E-state index is 12.0. The molecule has 5 heteroatoms. The maximum Gasteiger partial charge on any atom is 0.330 e. The molecule has 0 bridgehead atoms. The summed E-state index contributed by atoms with van der Waals surface area (Å²) >= 11 is 0. The van der Waals surface area contributed by atoms with Crippen LogP contribution in [0.15, 0.2) is 0 Å². The van der Waals surface area contributed by atoms with E-state index in [4.69, 9.17) is 13.8 Å². The van der Waals surface area contributed by atoms with E-state index in [1.807, 2.05) is 0 Å². The zero-order valence-electron chi connectivity index (χ0n) is 10.5. The number of hydrogen-bond donors (Lipinski definition) is 0. The van der Waals surface area contributed by atoms with Gasteiger partial charge >= 0.3 is 7.60 Å². The van der Waals surface area contributed by atoms with Gasteiger partial charge in [-0.2, -0.15) is 0 Å². The third-order valence-electron chi connectivity index (χ3n) is 3.33. The predicted octanol–water partition coefficient (Wildman–Crippen LogP) is 2.93. The third kappa shape index (κ3) is 4.17. The van der Waals surface area contributed by atoms with Gasteiger partial charge in [0.15, 0.2) is 0 Å². The Morgan fingerprint density at radius 3 is 2.31 bits per heavy atom. The molecule has 1 rings (SSSR count). The van der Waals surface area contributed by atoms with Gasteiger partial charge in [-0.25, -0.2) is 0 Å². The van der Waals surface area contributed by atoms with Crippen LogP contribution < -0.4 is 0 Å². The first-order valence-corrected chi connectivity index (χ1v) is 7.55. The van der Waals surface area contributed by atoms with Crippen molar-refractivity contribution >= 4 is 7.60 Å². The van der Waals surface area contributed by atoms with E-state index >= 15 is 0 Å². The predicted molar refractivity (Wildman–Crippen MR) is 63.8 cm³/mol. The monoisotopic (exact) mass is 250 g/mol. The quantitative estimate of drug-likeness (QED) is 0.680. The Balaban J connectivity index is 2.45. The molecule has 0 amide bonds. The molecule has 0 spiro atoms. The van der Waals surface area contributed by atoms with Crippen LogP contribution in [0.5, 0.6) is 0 Å². The molecule has 96 valence electrons. The van der Waals surface area contributed by atoms with Crippen LogP contribution in [0, 0.1) is 11.8 Å². The average Bonchev–Trinajstić information content (AvgIpc) is 2.30. The highest BCUT2D eigenvalue weighted by molar-refractivity contribution is 7.53. The molecule has 1 aliphatic carbocycles. The van der Waals surface area contributed by atoms with Gasteiger partial charge in [-0.15, -0.1) is 0 Å². The lowest BCUT2D eigenvalue weighted by Gasteiger charge is -2.30. The number of methoxy groups -OCH3 is 1. The minimum absolute atomic E-state index is 0.444. The Bertz CT molecular complexity index is 234. The van der Waals surface area contributed by atoms with E-state index < -0.39 is 7.60 Å². The molecule has 1 fully saturated rings. The minimum Gasteiger partial charge on any atom is -0.384 e. The highest BCUT2D eigenvalue weighted by Crippen LogP contribution is 2.50. The normalized spacial score (nSPS) is 26.9. The molecule has 4 nitrogen and oxygen atoms in total. The Hall–Kier alpha value is 0.110. The van der Waals surface area contributed by atoms with Crippen LogP contribution in [0.3, 0.4) is 0 Å². The van der Waals surface area contributed by atoms with Crippen LogP contribution in [0.2, 0.25) is 0 Å². The molecule has 1 saturated carbocycles. The summed E-state index contributed by atoms with van der Waals surface area (Å²) in [5, 5.41) is 0. The summed E-state index contributed by atoms with van der Waals surface area (Å²) in [7, 11) is 1.82. The van der Waals surface area contributed by atoms with Crippen LogP contribution in [0.4, 0.5) is 0 Å². The van der Waals surface area contributed by atoms with E-state index in [9.17, 15) is 4.57 Å². The summed E-state index contributed by atoms with van der Waals surface area (Å²) < 4.78 is 27.2. The number of rotatable bonds is 6. The van der Waals surface area contributed by atoms with E-state index in [1.165, 1.54) is 27.1 Å². The van der Waals surface area contributed by atoms with Gasteiger partial charge in [0.05, 0.1) is 6.16 Å². The molecular formula is C11H23O4P. The van der Waals surface area contributed by atoms with Crippen molar-refractivity contribution in [1.82, 2.24) is 0 Å².